The third kappa shape index (κ3) is 5.62. The Morgan fingerprint density at radius 1 is 1.35 bits per heavy atom. The van der Waals surface area contributed by atoms with Crippen LogP contribution in [-0.2, 0) is 9.47 Å². The van der Waals surface area contributed by atoms with E-state index < -0.39 is 18.0 Å². The van der Waals surface area contributed by atoms with Crippen LogP contribution in [0.3, 0.4) is 0 Å². The van der Waals surface area contributed by atoms with Crippen LogP contribution in [-0.4, -0.2) is 46.7 Å². The minimum atomic E-state index is -0.707. The van der Waals surface area contributed by atoms with E-state index in [4.69, 9.17) is 9.47 Å². The highest BCUT2D eigenvalue weighted by molar-refractivity contribution is 7.99. The molecule has 4 nitrogen and oxygen atoms in total. The van der Waals surface area contributed by atoms with Gasteiger partial charge in [0, 0.05) is 23.0 Å². The molecule has 0 radical (unpaired) electrons. The van der Waals surface area contributed by atoms with Gasteiger partial charge in [-0.15, -0.1) is 18.3 Å². The summed E-state index contributed by atoms with van der Waals surface area (Å²) in [6.07, 6.45) is 0.453. The number of hydrogen-bond acceptors (Lipinski definition) is 5. The maximum atomic E-state index is 10.4. The Morgan fingerprint density at radius 3 is 2.61 bits per heavy atom. The van der Waals surface area contributed by atoms with Crippen LogP contribution in [0.4, 0.5) is 0 Å². The lowest BCUT2D eigenvalue weighted by atomic mass is 9.92. The normalized spacial score (nSPS) is 24.1. The molecule has 2 rings (SSSR count). The van der Waals surface area contributed by atoms with Crippen molar-refractivity contribution in [1.82, 2.24) is 0 Å². The molecule has 1 saturated heterocycles. The minimum Gasteiger partial charge on any atom is -0.392 e. The van der Waals surface area contributed by atoms with Gasteiger partial charge in [-0.05, 0) is 26.0 Å². The van der Waals surface area contributed by atoms with Gasteiger partial charge < -0.3 is 19.7 Å². The number of aliphatic hydroxyl groups is 2. The summed E-state index contributed by atoms with van der Waals surface area (Å²) in [6, 6.07) is 9.91. The van der Waals surface area contributed by atoms with Crippen LogP contribution < -0.4 is 0 Å². The summed E-state index contributed by atoms with van der Waals surface area (Å²) in [4.78, 5) is 1.11. The zero-order chi connectivity index (χ0) is 16.9. The largest absolute Gasteiger partial charge is 0.392 e. The monoisotopic (exact) mass is 338 g/mol. The molecule has 1 heterocycles. The van der Waals surface area contributed by atoms with Gasteiger partial charge in [0.25, 0.3) is 0 Å². The fourth-order valence-electron chi connectivity index (χ4n) is 2.67. The lowest BCUT2D eigenvalue weighted by Gasteiger charge is -2.27. The van der Waals surface area contributed by atoms with Crippen LogP contribution in [0.15, 0.2) is 47.9 Å². The second-order valence-electron chi connectivity index (χ2n) is 6.26. The quantitative estimate of drug-likeness (QED) is 0.564. The van der Waals surface area contributed by atoms with Crippen molar-refractivity contribution < 1.29 is 19.7 Å². The van der Waals surface area contributed by atoms with Crippen LogP contribution in [0, 0.1) is 5.92 Å². The van der Waals surface area contributed by atoms with Gasteiger partial charge >= 0.3 is 0 Å². The molecule has 2 N–H and O–H groups in total. The Bertz CT molecular complexity index is 491. The van der Waals surface area contributed by atoms with Crippen molar-refractivity contribution in [3.8, 4) is 0 Å². The molecule has 128 valence electrons. The van der Waals surface area contributed by atoms with Gasteiger partial charge in [0.2, 0.25) is 0 Å². The molecule has 1 fully saturated rings. The number of rotatable bonds is 8. The molecule has 0 amide bonds. The molecule has 5 heteroatoms. The third-order valence-corrected chi connectivity index (χ3v) is 5.03. The molecule has 0 aliphatic carbocycles. The number of thioether (sulfide) groups is 1. The lowest BCUT2D eigenvalue weighted by Crippen LogP contribution is -2.36. The van der Waals surface area contributed by atoms with E-state index >= 15 is 0 Å². The predicted octanol–water partition coefficient (Wildman–Crippen LogP) is 2.84. The first-order valence-corrected chi connectivity index (χ1v) is 8.88. The molecule has 1 aromatic rings. The topological polar surface area (TPSA) is 58.9 Å². The SMILES string of the molecule is C=C[C@H]([C@@H]1COC(C)(C)O1)[C@@H](O)CC(O)CSc1ccccc1. The van der Waals surface area contributed by atoms with Gasteiger partial charge in [0.1, 0.15) is 0 Å². The van der Waals surface area contributed by atoms with E-state index in [-0.39, 0.29) is 18.4 Å². The van der Waals surface area contributed by atoms with E-state index in [1.165, 1.54) is 0 Å². The second-order valence-corrected chi connectivity index (χ2v) is 7.35. The lowest BCUT2D eigenvalue weighted by molar-refractivity contribution is -0.147. The number of aliphatic hydroxyl groups excluding tert-OH is 2. The van der Waals surface area contributed by atoms with Crippen molar-refractivity contribution in [2.75, 3.05) is 12.4 Å². The molecule has 23 heavy (non-hydrogen) atoms. The Labute approximate surface area is 142 Å². The Morgan fingerprint density at radius 2 is 2.04 bits per heavy atom. The van der Waals surface area contributed by atoms with Gasteiger partial charge in [0.05, 0.1) is 24.9 Å². The van der Waals surface area contributed by atoms with Crippen molar-refractivity contribution >= 4 is 11.8 Å². The summed E-state index contributed by atoms with van der Waals surface area (Å²) >= 11 is 1.58. The zero-order valence-electron chi connectivity index (χ0n) is 13.7. The molecular weight excluding hydrogens is 312 g/mol. The molecule has 0 bridgehead atoms. The minimum absolute atomic E-state index is 0.230. The van der Waals surface area contributed by atoms with Crippen molar-refractivity contribution in [2.24, 2.45) is 5.92 Å². The third-order valence-electron chi connectivity index (χ3n) is 3.88. The van der Waals surface area contributed by atoms with E-state index in [0.29, 0.717) is 12.4 Å². The molecule has 1 aliphatic heterocycles. The summed E-state index contributed by atoms with van der Waals surface area (Å²) in [6.45, 7) is 7.92. The van der Waals surface area contributed by atoms with Crippen molar-refractivity contribution in [3.63, 3.8) is 0 Å². The Balaban J connectivity index is 1.81. The second kappa shape index (κ2) is 8.31. The maximum Gasteiger partial charge on any atom is 0.163 e. The molecule has 1 aliphatic rings. The first kappa shape index (κ1) is 18.5. The zero-order valence-corrected chi connectivity index (χ0v) is 14.5. The van der Waals surface area contributed by atoms with Gasteiger partial charge in [-0.25, -0.2) is 0 Å². The molecule has 1 unspecified atom stereocenters. The van der Waals surface area contributed by atoms with Gasteiger partial charge in [-0.3, -0.25) is 0 Å². The maximum absolute atomic E-state index is 10.4. The van der Waals surface area contributed by atoms with Crippen molar-refractivity contribution in [1.29, 1.82) is 0 Å². The van der Waals surface area contributed by atoms with E-state index in [2.05, 4.69) is 6.58 Å². The van der Waals surface area contributed by atoms with Gasteiger partial charge in [-0.2, -0.15) is 0 Å². The van der Waals surface area contributed by atoms with Crippen LogP contribution in [0.2, 0.25) is 0 Å². The first-order chi connectivity index (χ1) is 10.9. The van der Waals surface area contributed by atoms with E-state index in [0.717, 1.165) is 4.90 Å². The van der Waals surface area contributed by atoms with Gasteiger partial charge in [-0.1, -0.05) is 24.3 Å². The van der Waals surface area contributed by atoms with Crippen LogP contribution in [0.1, 0.15) is 20.3 Å². The summed E-state index contributed by atoms with van der Waals surface area (Å²) in [7, 11) is 0. The molecule has 1 aromatic carbocycles. The Kier molecular flexibility index (Phi) is 6.68. The average molecular weight is 338 g/mol. The smallest absolute Gasteiger partial charge is 0.163 e. The van der Waals surface area contributed by atoms with Gasteiger partial charge in [0.15, 0.2) is 5.79 Å². The van der Waals surface area contributed by atoms with E-state index in [1.54, 1.807) is 17.8 Å². The number of ether oxygens (including phenoxy) is 2. The summed E-state index contributed by atoms with van der Waals surface area (Å²) in [5, 5.41) is 20.6. The summed E-state index contributed by atoms with van der Waals surface area (Å²) in [5.74, 6) is -0.348. The predicted molar refractivity (Wildman–Crippen MR) is 92.4 cm³/mol. The van der Waals surface area contributed by atoms with Crippen LogP contribution in [0.5, 0.6) is 0 Å². The summed E-state index contributed by atoms with van der Waals surface area (Å²) < 4.78 is 11.3. The molecule has 4 atom stereocenters. The van der Waals surface area contributed by atoms with Crippen molar-refractivity contribution in [2.45, 2.75) is 49.3 Å². The number of hydrogen-bond donors (Lipinski definition) is 2. The molecular formula is C18H26O4S. The first-order valence-electron chi connectivity index (χ1n) is 7.89. The fourth-order valence-corrected chi connectivity index (χ4v) is 3.55. The standard InChI is InChI=1S/C18H26O4S/c1-4-15(17-11-21-18(2,3)22-17)16(20)10-13(19)12-23-14-8-6-5-7-9-14/h4-9,13,15-17,19-20H,1,10-12H2,2-3H3/t13?,15-,16-,17-/m0/s1. The van der Waals surface area contributed by atoms with E-state index in [9.17, 15) is 10.2 Å². The Hall–Kier alpha value is -0.850. The van der Waals surface area contributed by atoms with Crippen LogP contribution in [0.25, 0.3) is 0 Å². The molecule has 0 saturated carbocycles. The highest BCUT2D eigenvalue weighted by Gasteiger charge is 2.39. The summed E-state index contributed by atoms with van der Waals surface area (Å²) in [5.41, 5.74) is 0. The molecule has 0 aromatic heterocycles. The highest BCUT2D eigenvalue weighted by atomic mass is 32.2. The fraction of sp³-hybridized carbons (Fsp3) is 0.556. The van der Waals surface area contributed by atoms with E-state index in [1.807, 2.05) is 44.2 Å². The highest BCUT2D eigenvalue weighted by Crippen LogP contribution is 2.30. The van der Waals surface area contributed by atoms with Crippen molar-refractivity contribution in [3.05, 3.63) is 43.0 Å². The average Bonchev–Trinajstić information content (AvgIpc) is 2.87. The number of benzene rings is 1. The molecule has 0 spiro atoms. The van der Waals surface area contributed by atoms with Crippen LogP contribution >= 0.6 is 11.8 Å².